The van der Waals surface area contributed by atoms with Gasteiger partial charge >= 0.3 is 0 Å². The monoisotopic (exact) mass is 220 g/mol. The third-order valence-electron chi connectivity index (χ3n) is 2.16. The van der Waals surface area contributed by atoms with E-state index < -0.39 is 8.07 Å². The normalized spacial score (nSPS) is 12.0. The lowest BCUT2D eigenvalue weighted by Crippen LogP contribution is -2.17. The fourth-order valence-corrected chi connectivity index (χ4v) is 2.09. The molecule has 0 N–H and O–H groups in total. The third-order valence-corrected chi connectivity index (χ3v) is 3.62. The summed E-state index contributed by atoms with van der Waals surface area (Å²) in [4.78, 5) is 0. The highest BCUT2D eigenvalue weighted by Gasteiger charge is 2.09. The highest BCUT2D eigenvalue weighted by atomic mass is 28.3. The number of hydrogen-bond acceptors (Lipinski definition) is 1. The Kier molecular flexibility index (Phi) is 4.15. The van der Waals surface area contributed by atoms with Crippen molar-refractivity contribution in [1.82, 2.24) is 0 Å². The second-order valence-electron chi connectivity index (χ2n) is 4.94. The van der Waals surface area contributed by atoms with E-state index >= 15 is 0 Å². The van der Waals surface area contributed by atoms with Crippen molar-refractivity contribution in [2.45, 2.75) is 25.7 Å². The Balaban J connectivity index is 2.57. The molecule has 1 rings (SSSR count). The van der Waals surface area contributed by atoms with Crippen LogP contribution in [0.4, 0.5) is 0 Å². The van der Waals surface area contributed by atoms with Gasteiger partial charge in [0, 0.05) is 8.07 Å². The van der Waals surface area contributed by atoms with Crippen LogP contribution < -0.4 is 4.74 Å². The van der Waals surface area contributed by atoms with Gasteiger partial charge in [0.05, 0.1) is 7.11 Å². The van der Waals surface area contributed by atoms with Gasteiger partial charge in [-0.3, -0.25) is 0 Å². The van der Waals surface area contributed by atoms with Crippen LogP contribution in [-0.4, -0.2) is 15.2 Å². The van der Waals surface area contributed by atoms with E-state index in [1.807, 2.05) is 12.1 Å². The summed E-state index contributed by atoms with van der Waals surface area (Å²) in [5.41, 5.74) is 1.24. The van der Waals surface area contributed by atoms with Crippen molar-refractivity contribution in [1.29, 1.82) is 0 Å². The van der Waals surface area contributed by atoms with Gasteiger partial charge in [-0.2, -0.15) is 0 Å². The highest BCUT2D eigenvalue weighted by Crippen LogP contribution is 2.14. The zero-order valence-electron chi connectivity index (χ0n) is 10.1. The van der Waals surface area contributed by atoms with Gasteiger partial charge in [-0.25, -0.2) is 0 Å². The van der Waals surface area contributed by atoms with E-state index in [1.54, 1.807) is 7.11 Å². The largest absolute Gasteiger partial charge is 0.497 e. The molecule has 1 aromatic rings. The zero-order chi connectivity index (χ0) is 11.3. The number of rotatable bonds is 4. The molecule has 0 atom stereocenters. The second kappa shape index (κ2) is 5.17. The van der Waals surface area contributed by atoms with Crippen LogP contribution >= 0.6 is 0 Å². The van der Waals surface area contributed by atoms with Crippen molar-refractivity contribution in [3.63, 3.8) is 0 Å². The smallest absolute Gasteiger partial charge is 0.118 e. The maximum absolute atomic E-state index is 5.11. The molecule has 0 saturated heterocycles. The quantitative estimate of drug-likeness (QED) is 0.696. The summed E-state index contributed by atoms with van der Waals surface area (Å²) in [7, 11) is 0.750. The summed E-state index contributed by atoms with van der Waals surface area (Å²) >= 11 is 0. The van der Waals surface area contributed by atoms with Gasteiger partial charge in [-0.05, 0) is 23.7 Å². The van der Waals surface area contributed by atoms with Crippen molar-refractivity contribution in [2.24, 2.45) is 0 Å². The number of allylic oxidation sites excluding steroid dienone is 1. The highest BCUT2D eigenvalue weighted by molar-refractivity contribution is 6.76. The van der Waals surface area contributed by atoms with Gasteiger partial charge in [0.1, 0.15) is 5.75 Å². The molecule has 0 aliphatic carbocycles. The molecule has 0 aliphatic rings. The molecule has 15 heavy (non-hydrogen) atoms. The molecule has 0 fully saturated rings. The first kappa shape index (κ1) is 12.0. The van der Waals surface area contributed by atoms with Crippen LogP contribution in [0, 0.1) is 0 Å². The molecule has 0 radical (unpaired) electrons. The van der Waals surface area contributed by atoms with Crippen LogP contribution in [0.3, 0.4) is 0 Å². The number of methoxy groups -OCH3 is 1. The Morgan fingerprint density at radius 1 is 1.13 bits per heavy atom. The standard InChI is InChI=1S/C13H20OSi/c1-14-13-9-7-12(8-10-13)6-5-11-15(2,3)4/h5-10H,11H2,1-4H3/b6-5+. The molecule has 82 valence electrons. The van der Waals surface area contributed by atoms with Crippen LogP contribution in [-0.2, 0) is 0 Å². The van der Waals surface area contributed by atoms with Gasteiger partial charge in [0.25, 0.3) is 0 Å². The lowest BCUT2D eigenvalue weighted by Gasteiger charge is -2.11. The van der Waals surface area contributed by atoms with E-state index in [4.69, 9.17) is 4.74 Å². The molecule has 0 heterocycles. The zero-order valence-corrected chi connectivity index (χ0v) is 11.1. The predicted molar refractivity (Wildman–Crippen MR) is 70.2 cm³/mol. The molecule has 2 heteroatoms. The van der Waals surface area contributed by atoms with E-state index in [9.17, 15) is 0 Å². The molecular weight excluding hydrogens is 200 g/mol. The summed E-state index contributed by atoms with van der Waals surface area (Å²) in [5.74, 6) is 0.914. The van der Waals surface area contributed by atoms with E-state index in [0.29, 0.717) is 0 Å². The Labute approximate surface area is 93.8 Å². The summed E-state index contributed by atoms with van der Waals surface area (Å²) in [6.45, 7) is 7.14. The lowest BCUT2D eigenvalue weighted by atomic mass is 10.2. The van der Waals surface area contributed by atoms with Crippen molar-refractivity contribution in [3.8, 4) is 5.75 Å². The first-order chi connectivity index (χ1) is 7.01. The molecule has 0 spiro atoms. The minimum absolute atomic E-state index is 0.914. The molecule has 0 bridgehead atoms. The van der Waals surface area contributed by atoms with Crippen molar-refractivity contribution >= 4 is 14.1 Å². The Hall–Kier alpha value is -1.02. The Morgan fingerprint density at radius 2 is 1.73 bits per heavy atom. The van der Waals surface area contributed by atoms with Crippen molar-refractivity contribution in [2.75, 3.05) is 7.11 Å². The summed E-state index contributed by atoms with van der Waals surface area (Å²) in [6, 6.07) is 9.39. The fourth-order valence-electron chi connectivity index (χ4n) is 1.26. The lowest BCUT2D eigenvalue weighted by molar-refractivity contribution is 0.415. The molecule has 0 aliphatic heterocycles. The second-order valence-corrected chi connectivity index (χ2v) is 10.5. The molecule has 0 saturated carbocycles. The summed E-state index contributed by atoms with van der Waals surface area (Å²) < 4.78 is 5.11. The van der Waals surface area contributed by atoms with E-state index in [0.717, 1.165) is 5.75 Å². The van der Waals surface area contributed by atoms with Crippen LogP contribution in [0.5, 0.6) is 5.75 Å². The van der Waals surface area contributed by atoms with Crippen LogP contribution in [0.25, 0.3) is 6.08 Å². The Morgan fingerprint density at radius 3 is 2.20 bits per heavy atom. The topological polar surface area (TPSA) is 9.23 Å². The van der Waals surface area contributed by atoms with Crippen molar-refractivity contribution in [3.05, 3.63) is 35.9 Å². The molecular formula is C13H20OSi. The minimum atomic E-state index is -0.940. The number of hydrogen-bond donors (Lipinski definition) is 0. The predicted octanol–water partition coefficient (Wildman–Crippen LogP) is 4.05. The van der Waals surface area contributed by atoms with Crippen LogP contribution in [0.15, 0.2) is 30.3 Å². The SMILES string of the molecule is COc1ccc(/C=C/C[Si](C)(C)C)cc1. The summed E-state index contributed by atoms with van der Waals surface area (Å²) in [6.07, 6.45) is 4.48. The number of benzene rings is 1. The van der Waals surface area contributed by atoms with Gasteiger partial charge in [0.15, 0.2) is 0 Å². The van der Waals surface area contributed by atoms with Crippen molar-refractivity contribution < 1.29 is 4.74 Å². The first-order valence-electron chi connectivity index (χ1n) is 5.32. The fraction of sp³-hybridized carbons (Fsp3) is 0.385. The molecule has 0 aromatic heterocycles. The number of ether oxygens (including phenoxy) is 1. The van der Waals surface area contributed by atoms with E-state index in [-0.39, 0.29) is 0 Å². The average Bonchev–Trinajstić information content (AvgIpc) is 2.17. The van der Waals surface area contributed by atoms with Gasteiger partial charge in [-0.1, -0.05) is 43.9 Å². The average molecular weight is 220 g/mol. The molecule has 0 unspecified atom stereocenters. The van der Waals surface area contributed by atoms with Gasteiger partial charge < -0.3 is 4.74 Å². The van der Waals surface area contributed by atoms with E-state index in [1.165, 1.54) is 11.6 Å². The first-order valence-corrected chi connectivity index (χ1v) is 9.02. The summed E-state index contributed by atoms with van der Waals surface area (Å²) in [5, 5.41) is 0. The third kappa shape index (κ3) is 4.84. The van der Waals surface area contributed by atoms with Gasteiger partial charge in [-0.15, -0.1) is 0 Å². The molecule has 0 amide bonds. The van der Waals surface area contributed by atoms with Gasteiger partial charge in [0.2, 0.25) is 0 Å². The maximum atomic E-state index is 5.11. The minimum Gasteiger partial charge on any atom is -0.497 e. The van der Waals surface area contributed by atoms with Crippen LogP contribution in [0.1, 0.15) is 5.56 Å². The molecule has 1 nitrogen and oxygen atoms in total. The van der Waals surface area contributed by atoms with Crippen LogP contribution in [0.2, 0.25) is 25.7 Å². The maximum Gasteiger partial charge on any atom is 0.118 e. The van der Waals surface area contributed by atoms with E-state index in [2.05, 4.69) is 43.9 Å². The Bertz CT molecular complexity index is 319. The molecule has 1 aromatic carbocycles.